The predicted molar refractivity (Wildman–Crippen MR) is 120 cm³/mol. The number of fused-ring (bicyclic) bond motifs is 3. The van der Waals surface area contributed by atoms with Gasteiger partial charge in [-0.2, -0.15) is 0 Å². The minimum atomic E-state index is 0.0509. The minimum absolute atomic E-state index is 0.0509. The van der Waals surface area contributed by atoms with Gasteiger partial charge in [-0.15, -0.1) is 0 Å². The van der Waals surface area contributed by atoms with Gasteiger partial charge in [0.2, 0.25) is 0 Å². The lowest BCUT2D eigenvalue weighted by Crippen LogP contribution is -2.47. The van der Waals surface area contributed by atoms with Gasteiger partial charge in [0, 0.05) is 24.0 Å². The van der Waals surface area contributed by atoms with Crippen LogP contribution in [-0.4, -0.2) is 20.6 Å². The summed E-state index contributed by atoms with van der Waals surface area (Å²) in [5.74, 6) is 0.0635. The Morgan fingerprint density at radius 2 is 2.04 bits per heavy atom. The molecule has 3 heteroatoms. The number of aliphatic hydroxyl groups is 1. The van der Waals surface area contributed by atoms with Crippen LogP contribution in [0.25, 0.3) is 11.3 Å². The Labute approximate surface area is 169 Å². The molecule has 2 aliphatic heterocycles. The molecule has 0 radical (unpaired) electrons. The Kier molecular flexibility index (Phi) is 5.05. The lowest BCUT2D eigenvalue weighted by molar-refractivity contribution is 0.160. The summed E-state index contributed by atoms with van der Waals surface area (Å²) in [6.07, 6.45) is 8.98. The van der Waals surface area contributed by atoms with Crippen LogP contribution in [0, 0.1) is 5.41 Å². The molecule has 0 amide bonds. The van der Waals surface area contributed by atoms with Crippen LogP contribution in [0.1, 0.15) is 51.6 Å². The quantitative estimate of drug-likeness (QED) is 0.498. The van der Waals surface area contributed by atoms with Crippen LogP contribution in [0.2, 0.25) is 0 Å². The van der Waals surface area contributed by atoms with Gasteiger partial charge in [-0.05, 0) is 47.6 Å². The van der Waals surface area contributed by atoms with E-state index >= 15 is 0 Å². The van der Waals surface area contributed by atoms with Crippen LogP contribution in [0.4, 0.5) is 0 Å². The van der Waals surface area contributed by atoms with E-state index in [9.17, 15) is 5.11 Å². The summed E-state index contributed by atoms with van der Waals surface area (Å²) in [5.41, 5.74) is 7.73. The van der Waals surface area contributed by atoms with Crippen molar-refractivity contribution in [2.75, 3.05) is 0 Å². The molecule has 1 aromatic heterocycles. The summed E-state index contributed by atoms with van der Waals surface area (Å²) in [5, 5.41) is 10.0. The molecular weight excluding hydrogens is 344 g/mol. The van der Waals surface area contributed by atoms with Crippen molar-refractivity contribution >= 4 is 11.3 Å². The molecule has 28 heavy (non-hydrogen) atoms. The fourth-order valence-electron chi connectivity index (χ4n) is 4.28. The van der Waals surface area contributed by atoms with E-state index in [1.165, 1.54) is 22.5 Å². The number of aliphatic hydroxyl groups excluding tert-OH is 1. The summed E-state index contributed by atoms with van der Waals surface area (Å²) in [6.45, 7) is 23.8. The number of aromatic nitrogens is 1. The van der Waals surface area contributed by atoms with Gasteiger partial charge in [0.15, 0.2) is 0 Å². The Morgan fingerprint density at radius 1 is 1.36 bits per heavy atom. The van der Waals surface area contributed by atoms with Gasteiger partial charge >= 0.3 is 0 Å². The van der Waals surface area contributed by atoms with Gasteiger partial charge in [0.05, 0.1) is 17.4 Å². The van der Waals surface area contributed by atoms with Crippen LogP contribution < -0.4 is 0 Å². The molecule has 3 rings (SSSR count). The number of rotatable bonds is 4. The SMILES string of the molecule is C=C/C=C(/C)c1cc2n(c1CC)CC(C(C)(C)C)N1C=C(C(=C)O)C(=C)C=C21. The van der Waals surface area contributed by atoms with Crippen molar-refractivity contribution in [1.29, 1.82) is 0 Å². The fraction of sp³-hybridized carbons (Fsp3) is 0.360. The van der Waals surface area contributed by atoms with E-state index in [0.29, 0.717) is 5.57 Å². The monoisotopic (exact) mass is 376 g/mol. The Hall–Kier alpha value is -2.68. The first-order valence-corrected chi connectivity index (χ1v) is 9.92. The molecule has 1 atom stereocenters. The van der Waals surface area contributed by atoms with Crippen molar-refractivity contribution < 1.29 is 5.11 Å². The van der Waals surface area contributed by atoms with Crippen molar-refractivity contribution in [3.8, 4) is 0 Å². The smallest absolute Gasteiger partial charge is 0.117 e. The predicted octanol–water partition coefficient (Wildman–Crippen LogP) is 6.24. The summed E-state index contributed by atoms with van der Waals surface area (Å²) in [7, 11) is 0. The van der Waals surface area contributed by atoms with Crippen molar-refractivity contribution in [2.45, 2.75) is 53.6 Å². The third-order valence-electron chi connectivity index (χ3n) is 5.80. The third kappa shape index (κ3) is 3.19. The molecule has 148 valence electrons. The van der Waals surface area contributed by atoms with Gasteiger partial charge in [0.1, 0.15) is 5.76 Å². The maximum atomic E-state index is 10.0. The van der Waals surface area contributed by atoms with Crippen molar-refractivity contribution in [3.05, 3.63) is 84.1 Å². The molecule has 1 N–H and O–H groups in total. The highest BCUT2D eigenvalue weighted by Gasteiger charge is 2.39. The van der Waals surface area contributed by atoms with E-state index in [4.69, 9.17) is 0 Å². The molecule has 1 aromatic rings. The Morgan fingerprint density at radius 3 is 2.57 bits per heavy atom. The molecular formula is C25H32N2O. The van der Waals surface area contributed by atoms with Crippen LogP contribution in [0.3, 0.4) is 0 Å². The van der Waals surface area contributed by atoms with E-state index in [0.717, 1.165) is 24.2 Å². The van der Waals surface area contributed by atoms with Crippen LogP contribution >= 0.6 is 0 Å². The van der Waals surface area contributed by atoms with Crippen LogP contribution in [0.5, 0.6) is 0 Å². The van der Waals surface area contributed by atoms with E-state index in [1.54, 1.807) is 0 Å². The zero-order chi connectivity index (χ0) is 20.8. The first-order valence-electron chi connectivity index (χ1n) is 9.92. The van der Waals surface area contributed by atoms with Gasteiger partial charge in [-0.25, -0.2) is 0 Å². The normalized spacial score (nSPS) is 19.6. The summed E-state index contributed by atoms with van der Waals surface area (Å²) >= 11 is 0. The second-order valence-electron chi connectivity index (χ2n) is 8.77. The standard InChI is InChI=1S/C25H32N2O/c1-9-11-16(3)19-13-23-22-12-17(4)20(18(5)28)14-27(22)24(25(6,7)8)15-26(23)21(19)10-2/h9,11-14,24,28H,1,4-5,10,15H2,2-3,6-8H3/b16-11-. The lowest BCUT2D eigenvalue weighted by Gasteiger charge is -2.47. The maximum absolute atomic E-state index is 10.0. The largest absolute Gasteiger partial charge is 0.508 e. The number of hydrogen-bond donors (Lipinski definition) is 1. The molecule has 0 saturated carbocycles. The number of allylic oxidation sites excluding steroid dienone is 5. The average Bonchev–Trinajstić information content (AvgIpc) is 2.98. The molecule has 1 unspecified atom stereocenters. The highest BCUT2D eigenvalue weighted by atomic mass is 16.3. The fourth-order valence-corrected chi connectivity index (χ4v) is 4.28. The van der Waals surface area contributed by atoms with E-state index in [-0.39, 0.29) is 17.2 Å². The van der Waals surface area contributed by atoms with E-state index in [1.807, 2.05) is 12.3 Å². The van der Waals surface area contributed by atoms with Crippen molar-refractivity contribution in [2.24, 2.45) is 5.41 Å². The molecule has 3 nitrogen and oxygen atoms in total. The molecule has 3 heterocycles. The Balaban J connectivity index is 2.26. The van der Waals surface area contributed by atoms with Crippen molar-refractivity contribution in [1.82, 2.24) is 9.47 Å². The zero-order valence-electron chi connectivity index (χ0n) is 17.8. The van der Waals surface area contributed by atoms with E-state index < -0.39 is 0 Å². The van der Waals surface area contributed by atoms with Gasteiger partial charge in [-0.1, -0.05) is 59.6 Å². The van der Waals surface area contributed by atoms with Gasteiger partial charge in [-0.3, -0.25) is 0 Å². The molecule has 0 fully saturated rings. The molecule has 0 aromatic carbocycles. The van der Waals surface area contributed by atoms with E-state index in [2.05, 4.69) is 82.0 Å². The van der Waals surface area contributed by atoms with Crippen molar-refractivity contribution in [3.63, 3.8) is 0 Å². The molecule has 0 aliphatic carbocycles. The Bertz CT molecular complexity index is 944. The average molecular weight is 377 g/mol. The summed E-state index contributed by atoms with van der Waals surface area (Å²) in [4.78, 5) is 2.30. The molecule has 0 saturated heterocycles. The zero-order valence-corrected chi connectivity index (χ0v) is 17.8. The summed E-state index contributed by atoms with van der Waals surface area (Å²) in [6, 6.07) is 2.54. The highest BCUT2D eigenvalue weighted by Crippen LogP contribution is 2.43. The van der Waals surface area contributed by atoms with Gasteiger partial charge < -0.3 is 14.6 Å². The molecule has 0 bridgehead atoms. The first-order chi connectivity index (χ1) is 13.1. The van der Waals surface area contributed by atoms with Crippen LogP contribution in [0.15, 0.2) is 67.1 Å². The summed E-state index contributed by atoms with van der Waals surface area (Å²) < 4.78 is 2.47. The lowest BCUT2D eigenvalue weighted by atomic mass is 9.83. The second kappa shape index (κ2) is 7.05. The van der Waals surface area contributed by atoms with Gasteiger partial charge in [0.25, 0.3) is 0 Å². The minimum Gasteiger partial charge on any atom is -0.508 e. The maximum Gasteiger partial charge on any atom is 0.117 e. The second-order valence-corrected chi connectivity index (χ2v) is 8.77. The molecule has 2 aliphatic rings. The first kappa shape index (κ1) is 20.1. The number of nitrogens with zero attached hydrogens (tertiary/aromatic N) is 2. The van der Waals surface area contributed by atoms with Crippen LogP contribution in [-0.2, 0) is 13.0 Å². The molecule has 0 spiro atoms. The third-order valence-corrected chi connectivity index (χ3v) is 5.80. The number of hydrogen-bond acceptors (Lipinski definition) is 2. The topological polar surface area (TPSA) is 28.4 Å². The highest BCUT2D eigenvalue weighted by molar-refractivity contribution is 5.78.